The SMILES string of the molecule is Cc1cn2nc([C@@H]3CCCCN3C(=O)c3cc(Cl)ccc3NS(C)(=O)=O)cc2nc1Cl.Cc1cn2nc([C@@H]3CCCCN3C(=O)c3cc(Cl)ccc3NS(C)(=O)=O)cc2nc1N1CCC(c2ccccc2)C1.Cl.c1ccc(C2CCNC2)cc1. The first-order chi connectivity index (χ1) is 39.7. The third-order valence-electron chi connectivity index (χ3n) is 15.5. The van der Waals surface area contributed by atoms with Crippen LogP contribution in [0.3, 0.4) is 0 Å². The Morgan fingerprint density at radius 3 is 1.56 bits per heavy atom. The summed E-state index contributed by atoms with van der Waals surface area (Å²) < 4.78 is 55.8. The van der Waals surface area contributed by atoms with Crippen molar-refractivity contribution in [1.29, 1.82) is 0 Å². The predicted octanol–water partition coefficient (Wildman–Crippen LogP) is 11.7. The van der Waals surface area contributed by atoms with Gasteiger partial charge in [-0.2, -0.15) is 10.2 Å². The minimum Gasteiger partial charge on any atom is -0.356 e. The van der Waals surface area contributed by atoms with Gasteiger partial charge in [0, 0.05) is 84.3 Å². The summed E-state index contributed by atoms with van der Waals surface area (Å²) in [5, 5.41) is 14.0. The third kappa shape index (κ3) is 14.9. The fraction of sp³-hybridized carbons (Fsp3) is 0.367. The molecule has 4 saturated heterocycles. The van der Waals surface area contributed by atoms with E-state index in [0.717, 1.165) is 111 Å². The summed E-state index contributed by atoms with van der Waals surface area (Å²) in [5.41, 5.74) is 8.34. The fourth-order valence-corrected chi connectivity index (χ4v) is 13.2. The molecule has 24 heteroatoms. The van der Waals surface area contributed by atoms with Crippen molar-refractivity contribution in [2.24, 2.45) is 0 Å². The standard InChI is InChI=1S/C30H33ClN6O3S.C20H21Cl2N5O3S.C10H13N.ClH/c1-20-18-37-28(32-29(20)35-15-13-22(19-35)21-8-4-3-5-9-21)17-26(33-37)27-10-6-7-14-36(27)30(38)24-16-23(31)11-12-25(24)34-41(2,39)40;1-12-11-27-18(23-19(12)22)10-16(24-27)17-5-3-4-8-26(17)20(28)14-9-13(21)6-7-15(14)25-31(2,29)30;1-2-4-9(5-3-1)10-6-7-11-8-10;/h3-5,8-9,11-12,16-18,22,27,34H,6-7,10,13-15,19H2,1-2H3;6-7,9-11,17,25H,3-5,8H2,1-2H3;1-5,10-11H,6-8H2;1H/t22?,27-;17-;;/m00../s1. The number of carbonyl (C=O) groups excluding carboxylic acids is 2. The lowest BCUT2D eigenvalue weighted by Crippen LogP contribution is -2.39. The number of amides is 2. The molecule has 0 radical (unpaired) electrons. The summed E-state index contributed by atoms with van der Waals surface area (Å²) in [4.78, 5) is 42.6. The van der Waals surface area contributed by atoms with Crippen LogP contribution in [0.4, 0.5) is 17.2 Å². The van der Waals surface area contributed by atoms with Gasteiger partial charge >= 0.3 is 0 Å². The van der Waals surface area contributed by atoms with E-state index in [-0.39, 0.29) is 58.8 Å². The molecule has 4 fully saturated rings. The van der Waals surface area contributed by atoms with E-state index in [4.69, 9.17) is 44.9 Å². The smallest absolute Gasteiger partial charge is 0.256 e. The number of hydrogen-bond donors (Lipinski definition) is 3. The van der Waals surface area contributed by atoms with E-state index >= 15 is 0 Å². The Morgan fingerprint density at radius 1 is 0.583 bits per heavy atom. The van der Waals surface area contributed by atoms with E-state index in [9.17, 15) is 26.4 Å². The maximum atomic E-state index is 13.9. The number of nitrogens with zero attached hydrogens (tertiary/aromatic N) is 9. The van der Waals surface area contributed by atoms with Crippen LogP contribution in [0.25, 0.3) is 11.3 Å². The van der Waals surface area contributed by atoms with Crippen molar-refractivity contribution in [2.45, 2.75) is 89.1 Å². The summed E-state index contributed by atoms with van der Waals surface area (Å²) in [6, 6.07) is 33.8. The number of fused-ring (bicyclic) bond motifs is 2. The highest BCUT2D eigenvalue weighted by atomic mass is 35.5. The van der Waals surface area contributed by atoms with Crippen molar-refractivity contribution in [3.05, 3.63) is 182 Å². The van der Waals surface area contributed by atoms with E-state index in [1.807, 2.05) is 25.3 Å². The first-order valence-corrected chi connectivity index (χ1v) is 32.8. The Labute approximate surface area is 511 Å². The molecule has 0 bridgehead atoms. The van der Waals surface area contributed by atoms with Crippen LogP contribution in [-0.2, 0) is 20.0 Å². The number of likely N-dealkylation sites (tertiary alicyclic amines) is 2. The highest BCUT2D eigenvalue weighted by Gasteiger charge is 2.35. The molecule has 8 aromatic rings. The van der Waals surface area contributed by atoms with Crippen LogP contribution >= 0.6 is 47.2 Å². The van der Waals surface area contributed by atoms with E-state index in [1.54, 1.807) is 37.2 Å². The Morgan fingerprint density at radius 2 is 1.07 bits per heavy atom. The second kappa shape index (κ2) is 26.8. The summed E-state index contributed by atoms with van der Waals surface area (Å²) in [7, 11) is -7.15. The molecule has 4 aromatic heterocycles. The molecule has 4 atom stereocenters. The lowest BCUT2D eigenvalue weighted by atomic mass is 9.98. The number of halogens is 4. The topological polar surface area (TPSA) is 209 Å². The molecule has 0 aliphatic carbocycles. The highest BCUT2D eigenvalue weighted by Crippen LogP contribution is 2.38. The molecule has 0 saturated carbocycles. The summed E-state index contributed by atoms with van der Waals surface area (Å²) in [5.74, 6) is 1.61. The second-order valence-corrected chi connectivity index (χ2v) is 26.5. The molecule has 2 amide bonds. The predicted molar refractivity (Wildman–Crippen MR) is 335 cm³/mol. The first-order valence-electron chi connectivity index (χ1n) is 27.9. The van der Waals surface area contributed by atoms with Gasteiger partial charge in [0.25, 0.3) is 11.8 Å². The van der Waals surface area contributed by atoms with Crippen LogP contribution in [0, 0.1) is 13.8 Å². The number of piperidine rings is 2. The molecule has 4 aromatic carbocycles. The molecule has 84 heavy (non-hydrogen) atoms. The molecular formula is C60H68Cl4N12O6S2. The maximum Gasteiger partial charge on any atom is 0.256 e. The average Bonchev–Trinajstić information content (AvgIpc) is 3.50. The first kappa shape index (κ1) is 62.0. The zero-order valence-electron chi connectivity index (χ0n) is 47.1. The minimum absolute atomic E-state index is 0. The quantitative estimate of drug-likeness (QED) is 0.103. The van der Waals surface area contributed by atoms with Crippen molar-refractivity contribution < 1.29 is 26.4 Å². The van der Waals surface area contributed by atoms with Crippen LogP contribution in [0.1, 0.15) is 130 Å². The van der Waals surface area contributed by atoms with Crippen LogP contribution in [0.5, 0.6) is 0 Å². The zero-order valence-corrected chi connectivity index (χ0v) is 51.8. The highest BCUT2D eigenvalue weighted by molar-refractivity contribution is 7.92. The van der Waals surface area contributed by atoms with Crippen molar-refractivity contribution in [3.8, 4) is 0 Å². The number of carbonyl (C=O) groups is 2. The Kier molecular flexibility index (Phi) is 19.8. The summed E-state index contributed by atoms with van der Waals surface area (Å²) in [6.07, 6.45) is 13.4. The minimum atomic E-state index is -3.59. The van der Waals surface area contributed by atoms with Crippen LogP contribution < -0.4 is 19.7 Å². The number of aromatic nitrogens is 6. The molecular weight excluding hydrogens is 1190 g/mol. The van der Waals surface area contributed by atoms with Crippen molar-refractivity contribution in [2.75, 3.05) is 66.1 Å². The lowest BCUT2D eigenvalue weighted by Gasteiger charge is -2.35. The molecule has 4 aliphatic rings. The van der Waals surface area contributed by atoms with Crippen LogP contribution in [-0.4, -0.2) is 119 Å². The molecule has 0 spiro atoms. The molecule has 2 unspecified atom stereocenters. The van der Waals surface area contributed by atoms with Gasteiger partial charge in [0.05, 0.1) is 58.5 Å². The fourth-order valence-electron chi connectivity index (χ4n) is 11.5. The molecule has 4 aliphatic heterocycles. The van der Waals surface area contributed by atoms with Gasteiger partial charge < -0.3 is 20.0 Å². The monoisotopic (exact) mass is 1260 g/mol. The molecule has 18 nitrogen and oxygen atoms in total. The van der Waals surface area contributed by atoms with Gasteiger partial charge in [-0.1, -0.05) is 95.5 Å². The molecule has 12 rings (SSSR count). The number of anilines is 3. The molecule has 8 heterocycles. The van der Waals surface area contributed by atoms with Crippen LogP contribution in [0.15, 0.2) is 122 Å². The number of benzene rings is 4. The third-order valence-corrected chi connectivity index (χ3v) is 17.6. The Hall–Kier alpha value is -6.52. The number of sulfonamides is 2. The van der Waals surface area contributed by atoms with E-state index in [0.29, 0.717) is 45.5 Å². The number of nitrogens with one attached hydrogen (secondary N) is 3. The number of aryl methyl sites for hydroxylation is 2. The van der Waals surface area contributed by atoms with Crippen molar-refractivity contribution >= 4 is 108 Å². The van der Waals surface area contributed by atoms with Gasteiger partial charge in [0.2, 0.25) is 20.0 Å². The van der Waals surface area contributed by atoms with Gasteiger partial charge in [-0.15, -0.1) is 12.4 Å². The van der Waals surface area contributed by atoms with Gasteiger partial charge in [-0.05, 0) is 125 Å². The maximum absolute atomic E-state index is 13.9. The van der Waals surface area contributed by atoms with E-state index in [1.165, 1.54) is 48.4 Å². The Balaban J connectivity index is 0.000000173. The van der Waals surface area contributed by atoms with Gasteiger partial charge in [0.15, 0.2) is 11.3 Å². The summed E-state index contributed by atoms with van der Waals surface area (Å²) in [6.45, 7) is 9.17. The zero-order chi connectivity index (χ0) is 58.6. The van der Waals surface area contributed by atoms with Gasteiger partial charge in [-0.3, -0.25) is 19.0 Å². The van der Waals surface area contributed by atoms with Crippen LogP contribution in [0.2, 0.25) is 15.2 Å². The lowest BCUT2D eigenvalue weighted by molar-refractivity contribution is 0.0600. The second-order valence-electron chi connectivity index (χ2n) is 21.8. The molecule has 3 N–H and O–H groups in total. The summed E-state index contributed by atoms with van der Waals surface area (Å²) >= 11 is 18.5. The Bertz CT molecular complexity index is 3850. The van der Waals surface area contributed by atoms with Gasteiger partial charge in [-0.25, -0.2) is 35.8 Å². The number of hydrogen-bond acceptors (Lipinski definition) is 12. The average molecular weight is 1260 g/mol. The molecule has 444 valence electrons. The van der Waals surface area contributed by atoms with Gasteiger partial charge in [0.1, 0.15) is 11.0 Å². The van der Waals surface area contributed by atoms with Crippen molar-refractivity contribution in [1.82, 2.24) is 44.3 Å². The number of rotatable bonds is 11. The van der Waals surface area contributed by atoms with E-state index < -0.39 is 20.0 Å². The van der Waals surface area contributed by atoms with Crippen molar-refractivity contribution in [3.63, 3.8) is 0 Å². The van der Waals surface area contributed by atoms with E-state index in [2.05, 4.69) is 97.3 Å². The normalized spacial score (nSPS) is 19.0. The largest absolute Gasteiger partial charge is 0.356 e.